The van der Waals surface area contributed by atoms with Crippen molar-refractivity contribution in [1.29, 1.82) is 0 Å². The first kappa shape index (κ1) is 13.8. The van der Waals surface area contributed by atoms with Gasteiger partial charge in [0.2, 0.25) is 0 Å². The molecule has 3 aliphatic rings. The van der Waals surface area contributed by atoms with Crippen molar-refractivity contribution in [3.05, 3.63) is 17.7 Å². The molecule has 1 saturated carbocycles. The molecule has 0 radical (unpaired) electrons. The summed E-state index contributed by atoms with van der Waals surface area (Å²) in [5.41, 5.74) is 1.06. The molecule has 21 heavy (non-hydrogen) atoms. The number of phenolic OH excluding ortho intramolecular Hbond substituents is 1. The van der Waals surface area contributed by atoms with Gasteiger partial charge in [0.05, 0.1) is 4.90 Å². The average molecular weight is 305 g/mol. The molecule has 1 saturated heterocycles. The van der Waals surface area contributed by atoms with Crippen LogP contribution in [-0.2, 0) is 0 Å². The molecule has 2 fully saturated rings. The fourth-order valence-corrected chi connectivity index (χ4v) is 4.73. The molecule has 4 nitrogen and oxygen atoms in total. The molecule has 0 amide bonds. The summed E-state index contributed by atoms with van der Waals surface area (Å²) < 4.78 is 5.54. The Morgan fingerprint density at radius 3 is 3.10 bits per heavy atom. The van der Waals surface area contributed by atoms with Crippen molar-refractivity contribution >= 4 is 18.9 Å². The zero-order chi connectivity index (χ0) is 14.6. The Kier molecular flexibility index (Phi) is 3.36. The number of thioether (sulfide) groups is 1. The van der Waals surface area contributed by atoms with Gasteiger partial charge >= 0.3 is 7.12 Å². The SMILES string of the molecule is C[C@H](Sc1ccc2c(c1O)OB(O)[C@@H]1C[C@H]21)[C@H]1CCNC1. The maximum Gasteiger partial charge on any atom is 0.526 e. The smallest absolute Gasteiger partial charge is 0.526 e. The first-order valence-electron chi connectivity index (χ1n) is 7.73. The van der Waals surface area contributed by atoms with Gasteiger partial charge in [-0.1, -0.05) is 13.0 Å². The first-order valence-corrected chi connectivity index (χ1v) is 8.61. The number of hydrogen-bond acceptors (Lipinski definition) is 5. The molecule has 0 bridgehead atoms. The van der Waals surface area contributed by atoms with Crippen LogP contribution in [-0.4, -0.2) is 35.6 Å². The fourth-order valence-electron chi connectivity index (χ4n) is 3.55. The molecule has 2 heterocycles. The fraction of sp³-hybridized carbons (Fsp3) is 0.600. The van der Waals surface area contributed by atoms with Crippen molar-refractivity contribution in [2.24, 2.45) is 5.92 Å². The third-order valence-corrected chi connectivity index (χ3v) is 6.38. The van der Waals surface area contributed by atoms with E-state index in [1.54, 1.807) is 11.8 Å². The van der Waals surface area contributed by atoms with E-state index in [1.807, 2.05) is 6.07 Å². The van der Waals surface area contributed by atoms with E-state index in [4.69, 9.17) is 4.65 Å². The predicted octanol–water partition coefficient (Wildman–Crippen LogP) is 2.21. The molecule has 112 valence electrons. The van der Waals surface area contributed by atoms with Gasteiger partial charge in [-0.05, 0) is 49.4 Å². The van der Waals surface area contributed by atoms with E-state index in [-0.39, 0.29) is 11.6 Å². The van der Waals surface area contributed by atoms with Crippen molar-refractivity contribution in [1.82, 2.24) is 5.32 Å². The van der Waals surface area contributed by atoms with E-state index in [2.05, 4.69) is 18.3 Å². The maximum absolute atomic E-state index is 10.5. The lowest BCUT2D eigenvalue weighted by Gasteiger charge is -2.23. The molecule has 3 N–H and O–H groups in total. The monoisotopic (exact) mass is 305 g/mol. The highest BCUT2D eigenvalue weighted by Crippen LogP contribution is 2.62. The number of rotatable bonds is 3. The number of benzene rings is 1. The van der Waals surface area contributed by atoms with Crippen molar-refractivity contribution in [3.63, 3.8) is 0 Å². The van der Waals surface area contributed by atoms with Crippen molar-refractivity contribution in [3.8, 4) is 11.5 Å². The lowest BCUT2D eigenvalue weighted by Crippen LogP contribution is -2.26. The second-order valence-electron chi connectivity index (χ2n) is 6.42. The first-order chi connectivity index (χ1) is 10.1. The zero-order valence-corrected chi connectivity index (χ0v) is 12.9. The molecule has 0 spiro atoms. The number of phenols is 1. The zero-order valence-electron chi connectivity index (χ0n) is 12.1. The Balaban J connectivity index is 1.57. The van der Waals surface area contributed by atoms with Gasteiger partial charge in [-0.25, -0.2) is 0 Å². The van der Waals surface area contributed by atoms with Crippen molar-refractivity contribution in [2.75, 3.05) is 13.1 Å². The molecular weight excluding hydrogens is 285 g/mol. The van der Waals surface area contributed by atoms with E-state index in [9.17, 15) is 10.1 Å². The molecular formula is C15H20BNO3S. The van der Waals surface area contributed by atoms with E-state index in [0.717, 1.165) is 30.0 Å². The van der Waals surface area contributed by atoms with Gasteiger partial charge in [0.15, 0.2) is 5.75 Å². The van der Waals surface area contributed by atoms with Crippen LogP contribution >= 0.6 is 11.8 Å². The minimum absolute atomic E-state index is 0.208. The lowest BCUT2D eigenvalue weighted by molar-refractivity contribution is 0.369. The maximum atomic E-state index is 10.5. The number of hydrogen-bond donors (Lipinski definition) is 3. The quantitative estimate of drug-likeness (QED) is 0.590. The van der Waals surface area contributed by atoms with Crippen LogP contribution in [0.5, 0.6) is 11.5 Å². The van der Waals surface area contributed by atoms with E-state index >= 15 is 0 Å². The average Bonchev–Trinajstić information content (AvgIpc) is 3.09. The van der Waals surface area contributed by atoms with Crippen molar-refractivity contribution in [2.45, 2.75) is 41.6 Å². The minimum Gasteiger partial charge on any atom is -0.533 e. The highest BCUT2D eigenvalue weighted by Gasteiger charge is 2.54. The lowest BCUT2D eigenvalue weighted by atomic mass is 9.77. The third kappa shape index (κ3) is 2.33. The summed E-state index contributed by atoms with van der Waals surface area (Å²) in [6.45, 7) is 4.36. The Labute approximate surface area is 129 Å². The van der Waals surface area contributed by atoms with Crippen LogP contribution in [0.1, 0.15) is 31.2 Å². The van der Waals surface area contributed by atoms with Crippen LogP contribution in [0, 0.1) is 5.92 Å². The molecule has 0 aromatic heterocycles. The van der Waals surface area contributed by atoms with Crippen LogP contribution < -0.4 is 9.97 Å². The van der Waals surface area contributed by atoms with E-state index in [0.29, 0.717) is 22.8 Å². The number of aromatic hydroxyl groups is 1. The Bertz CT molecular complexity index is 564. The summed E-state index contributed by atoms with van der Waals surface area (Å²) in [6, 6.07) is 4.07. The Morgan fingerprint density at radius 1 is 1.48 bits per heavy atom. The molecule has 2 aliphatic heterocycles. The Hall–Kier alpha value is -0.845. The van der Waals surface area contributed by atoms with Crippen LogP contribution in [0.4, 0.5) is 0 Å². The molecule has 4 atom stereocenters. The van der Waals surface area contributed by atoms with Gasteiger partial charge in [0, 0.05) is 11.1 Å². The van der Waals surface area contributed by atoms with Crippen LogP contribution in [0.25, 0.3) is 0 Å². The second kappa shape index (κ2) is 5.11. The normalized spacial score (nSPS) is 31.3. The van der Waals surface area contributed by atoms with Gasteiger partial charge in [-0.15, -0.1) is 11.8 Å². The summed E-state index contributed by atoms with van der Waals surface area (Å²) in [5.74, 6) is 1.94. The van der Waals surface area contributed by atoms with Crippen molar-refractivity contribution < 1.29 is 14.8 Å². The van der Waals surface area contributed by atoms with Gasteiger partial charge in [-0.2, -0.15) is 0 Å². The molecule has 1 aromatic carbocycles. The second-order valence-corrected chi connectivity index (χ2v) is 7.84. The summed E-state index contributed by atoms with van der Waals surface area (Å²) in [6.07, 6.45) is 2.16. The molecule has 6 heteroatoms. The highest BCUT2D eigenvalue weighted by molar-refractivity contribution is 8.00. The number of fused-ring (bicyclic) bond motifs is 3. The van der Waals surface area contributed by atoms with Gasteiger partial charge in [0.1, 0.15) is 5.75 Å². The highest BCUT2D eigenvalue weighted by atomic mass is 32.2. The molecule has 1 aromatic rings. The minimum atomic E-state index is -0.759. The standard InChI is InChI=1S/C15H20BNO3S/c1-8(9-4-5-17-7-9)21-13-3-2-10-11-6-12(11)16(19)20-15(10)14(13)18/h2-3,8-9,11-12,17-19H,4-7H2,1H3/t8-,9-,11+,12+/m0/s1. The summed E-state index contributed by atoms with van der Waals surface area (Å²) in [7, 11) is -0.759. The molecule has 1 aliphatic carbocycles. The number of nitrogens with one attached hydrogen (secondary N) is 1. The van der Waals surface area contributed by atoms with Crippen LogP contribution in [0.15, 0.2) is 17.0 Å². The topological polar surface area (TPSA) is 61.7 Å². The third-order valence-electron chi connectivity index (χ3n) is 5.04. The summed E-state index contributed by atoms with van der Waals surface area (Å²) in [4.78, 5) is 0.861. The van der Waals surface area contributed by atoms with Gasteiger partial charge in [0.25, 0.3) is 0 Å². The van der Waals surface area contributed by atoms with E-state index < -0.39 is 7.12 Å². The van der Waals surface area contributed by atoms with Crippen LogP contribution in [0.3, 0.4) is 0 Å². The van der Waals surface area contributed by atoms with E-state index in [1.165, 1.54) is 6.42 Å². The van der Waals surface area contributed by atoms with Gasteiger partial charge in [-0.3, -0.25) is 0 Å². The predicted molar refractivity (Wildman–Crippen MR) is 84.1 cm³/mol. The summed E-state index contributed by atoms with van der Waals surface area (Å²) in [5, 5.41) is 24.2. The van der Waals surface area contributed by atoms with Gasteiger partial charge < -0.3 is 20.1 Å². The largest absolute Gasteiger partial charge is 0.533 e. The molecule has 4 rings (SSSR count). The molecule has 0 unspecified atom stereocenters. The Morgan fingerprint density at radius 2 is 2.33 bits per heavy atom. The summed E-state index contributed by atoms with van der Waals surface area (Å²) >= 11 is 1.70. The van der Waals surface area contributed by atoms with Crippen LogP contribution in [0.2, 0.25) is 5.82 Å².